The Balaban J connectivity index is 1.85. The third kappa shape index (κ3) is 5.01. The third-order valence-electron chi connectivity index (χ3n) is 4.78. The van der Waals surface area contributed by atoms with Crippen molar-refractivity contribution in [3.63, 3.8) is 0 Å². The number of rotatable bonds is 7. The Hall–Kier alpha value is -0.130. The Morgan fingerprint density at radius 1 is 1.25 bits per heavy atom. The van der Waals surface area contributed by atoms with Crippen molar-refractivity contribution in [2.75, 3.05) is 25.9 Å². The minimum absolute atomic E-state index is 0.534. The average Bonchev–Trinajstić information content (AvgIpc) is 3.17. The van der Waals surface area contributed by atoms with Gasteiger partial charge in [0.25, 0.3) is 0 Å². The molecule has 0 aromatic carbocycles. The Labute approximate surface area is 124 Å². The highest BCUT2D eigenvalue weighted by atomic mass is 32.2. The number of hydrogen-bond acceptors (Lipinski definition) is 3. The molecule has 20 heavy (non-hydrogen) atoms. The van der Waals surface area contributed by atoms with Crippen LogP contribution < -0.4 is 5.32 Å². The van der Waals surface area contributed by atoms with Gasteiger partial charge in [-0.05, 0) is 56.4 Å². The van der Waals surface area contributed by atoms with E-state index in [0.717, 1.165) is 32.0 Å². The normalized spacial score (nSPS) is 26.9. The summed E-state index contributed by atoms with van der Waals surface area (Å²) in [5.41, 5.74) is 0. The molecule has 1 aliphatic carbocycles. The molecule has 0 radical (unpaired) electrons. The first-order valence-electron chi connectivity index (χ1n) is 8.04. The van der Waals surface area contributed by atoms with Crippen molar-refractivity contribution in [2.45, 2.75) is 52.0 Å². The molecule has 2 fully saturated rings. The minimum Gasteiger partial charge on any atom is -0.314 e. The van der Waals surface area contributed by atoms with Crippen LogP contribution in [0.5, 0.6) is 0 Å². The molecular formula is C15H30N2O2S. The first-order valence-corrected chi connectivity index (χ1v) is 9.89. The third-order valence-corrected chi connectivity index (χ3v) is 6.05. The van der Waals surface area contributed by atoms with Crippen molar-refractivity contribution in [1.29, 1.82) is 0 Å². The topological polar surface area (TPSA) is 49.4 Å². The van der Waals surface area contributed by atoms with Crippen molar-refractivity contribution in [3.8, 4) is 0 Å². The lowest BCUT2D eigenvalue weighted by Gasteiger charge is -2.34. The van der Waals surface area contributed by atoms with Gasteiger partial charge in [0.1, 0.15) is 0 Å². The largest absolute Gasteiger partial charge is 0.314 e. The van der Waals surface area contributed by atoms with Gasteiger partial charge in [0.15, 0.2) is 0 Å². The fourth-order valence-electron chi connectivity index (χ4n) is 3.15. The molecule has 2 rings (SSSR count). The summed E-state index contributed by atoms with van der Waals surface area (Å²) in [5.74, 6) is 1.86. The number of nitrogens with one attached hydrogen (secondary N) is 1. The molecule has 2 unspecified atom stereocenters. The van der Waals surface area contributed by atoms with Crippen molar-refractivity contribution < 1.29 is 8.42 Å². The molecule has 0 bridgehead atoms. The lowest BCUT2D eigenvalue weighted by Crippen LogP contribution is -2.40. The van der Waals surface area contributed by atoms with Gasteiger partial charge >= 0.3 is 0 Å². The van der Waals surface area contributed by atoms with Gasteiger partial charge < -0.3 is 5.32 Å². The molecule has 1 aliphatic heterocycles. The molecule has 0 aromatic heterocycles. The Morgan fingerprint density at radius 2 is 1.95 bits per heavy atom. The van der Waals surface area contributed by atoms with Crippen LogP contribution in [0.3, 0.4) is 0 Å². The van der Waals surface area contributed by atoms with Crippen LogP contribution in [-0.4, -0.2) is 44.7 Å². The van der Waals surface area contributed by atoms with E-state index in [-0.39, 0.29) is 0 Å². The molecule has 2 atom stereocenters. The summed E-state index contributed by atoms with van der Waals surface area (Å²) in [7, 11) is -3.01. The molecule has 2 aliphatic rings. The fraction of sp³-hybridized carbons (Fsp3) is 1.00. The van der Waals surface area contributed by atoms with Crippen LogP contribution in [0.25, 0.3) is 0 Å². The molecule has 1 saturated carbocycles. The second-order valence-corrected chi connectivity index (χ2v) is 9.03. The van der Waals surface area contributed by atoms with Gasteiger partial charge in [-0.25, -0.2) is 12.7 Å². The van der Waals surface area contributed by atoms with Gasteiger partial charge in [0.2, 0.25) is 10.0 Å². The van der Waals surface area contributed by atoms with E-state index in [0.29, 0.717) is 24.3 Å². The van der Waals surface area contributed by atoms with Gasteiger partial charge in [-0.2, -0.15) is 0 Å². The highest BCUT2D eigenvalue weighted by Crippen LogP contribution is 2.28. The first kappa shape index (κ1) is 16.2. The van der Waals surface area contributed by atoms with Gasteiger partial charge in [0.05, 0.1) is 6.26 Å². The van der Waals surface area contributed by atoms with E-state index in [9.17, 15) is 8.42 Å². The lowest BCUT2D eigenvalue weighted by molar-refractivity contribution is 0.206. The molecule has 1 saturated heterocycles. The second-order valence-electron chi connectivity index (χ2n) is 7.05. The van der Waals surface area contributed by atoms with Crippen molar-refractivity contribution in [2.24, 2.45) is 17.8 Å². The van der Waals surface area contributed by atoms with Gasteiger partial charge in [-0.15, -0.1) is 0 Å². The minimum atomic E-state index is -3.01. The van der Waals surface area contributed by atoms with Gasteiger partial charge in [0, 0.05) is 19.1 Å². The van der Waals surface area contributed by atoms with Crippen LogP contribution in [0.4, 0.5) is 0 Å². The van der Waals surface area contributed by atoms with Crippen LogP contribution in [0.1, 0.15) is 46.0 Å². The SMILES string of the molecule is CC(C)C(CNC1CC1)CC1CCCN(S(C)(=O)=O)C1. The van der Waals surface area contributed by atoms with Crippen LogP contribution in [-0.2, 0) is 10.0 Å². The van der Waals surface area contributed by atoms with Crippen molar-refractivity contribution in [3.05, 3.63) is 0 Å². The maximum absolute atomic E-state index is 11.7. The summed E-state index contributed by atoms with van der Waals surface area (Å²) in [6.45, 7) is 7.11. The number of hydrogen-bond donors (Lipinski definition) is 1. The van der Waals surface area contributed by atoms with E-state index in [4.69, 9.17) is 0 Å². The molecule has 0 amide bonds. The maximum atomic E-state index is 11.7. The second kappa shape index (κ2) is 6.75. The molecule has 1 heterocycles. The van der Waals surface area contributed by atoms with Crippen molar-refractivity contribution in [1.82, 2.24) is 9.62 Å². The van der Waals surface area contributed by atoms with E-state index in [1.807, 2.05) is 0 Å². The van der Waals surface area contributed by atoms with E-state index < -0.39 is 10.0 Å². The Morgan fingerprint density at radius 3 is 2.50 bits per heavy atom. The standard InChI is InChI=1S/C15H30N2O2S/c1-12(2)14(10-16-15-6-7-15)9-13-5-4-8-17(11-13)20(3,18)19/h12-16H,4-11H2,1-3H3. The van der Waals surface area contributed by atoms with Crippen molar-refractivity contribution >= 4 is 10.0 Å². The van der Waals surface area contributed by atoms with Crippen LogP contribution in [0, 0.1) is 17.8 Å². The monoisotopic (exact) mass is 302 g/mol. The highest BCUT2D eigenvalue weighted by molar-refractivity contribution is 7.88. The van der Waals surface area contributed by atoms with E-state index >= 15 is 0 Å². The fourth-order valence-corrected chi connectivity index (χ4v) is 4.09. The predicted molar refractivity (Wildman–Crippen MR) is 83.1 cm³/mol. The van der Waals surface area contributed by atoms with Crippen LogP contribution in [0.2, 0.25) is 0 Å². The quantitative estimate of drug-likeness (QED) is 0.783. The summed E-state index contributed by atoms with van der Waals surface area (Å²) >= 11 is 0. The molecule has 118 valence electrons. The number of sulfonamides is 1. The average molecular weight is 302 g/mol. The number of piperidine rings is 1. The Bertz CT molecular complexity index is 404. The van der Waals surface area contributed by atoms with Crippen LogP contribution >= 0.6 is 0 Å². The Kier molecular flexibility index (Phi) is 5.49. The summed E-state index contributed by atoms with van der Waals surface area (Å²) < 4.78 is 25.1. The molecule has 0 spiro atoms. The lowest BCUT2D eigenvalue weighted by atomic mass is 9.83. The van der Waals surface area contributed by atoms with Crippen LogP contribution in [0.15, 0.2) is 0 Å². The zero-order valence-electron chi connectivity index (χ0n) is 13.1. The zero-order chi connectivity index (χ0) is 14.8. The van der Waals surface area contributed by atoms with E-state index in [1.165, 1.54) is 25.5 Å². The summed E-state index contributed by atoms with van der Waals surface area (Å²) in [4.78, 5) is 0. The first-order chi connectivity index (χ1) is 9.36. The smallest absolute Gasteiger partial charge is 0.211 e. The van der Waals surface area contributed by atoms with Gasteiger partial charge in [-0.1, -0.05) is 13.8 Å². The predicted octanol–water partition coefficient (Wildman–Crippen LogP) is 2.07. The highest BCUT2D eigenvalue weighted by Gasteiger charge is 2.29. The zero-order valence-corrected chi connectivity index (χ0v) is 14.0. The molecule has 1 N–H and O–H groups in total. The van der Waals surface area contributed by atoms with Gasteiger partial charge in [-0.3, -0.25) is 0 Å². The summed E-state index contributed by atoms with van der Waals surface area (Å²) in [6.07, 6.45) is 7.34. The summed E-state index contributed by atoms with van der Waals surface area (Å²) in [5, 5.41) is 3.64. The number of nitrogens with zero attached hydrogens (tertiary/aromatic N) is 1. The molecule has 5 heteroatoms. The van der Waals surface area contributed by atoms with E-state index in [2.05, 4.69) is 19.2 Å². The maximum Gasteiger partial charge on any atom is 0.211 e. The van der Waals surface area contributed by atoms with E-state index in [1.54, 1.807) is 4.31 Å². The molecule has 0 aromatic rings. The summed E-state index contributed by atoms with van der Waals surface area (Å²) in [6, 6.07) is 0.759. The molecule has 4 nitrogen and oxygen atoms in total. The molecular weight excluding hydrogens is 272 g/mol.